The van der Waals surface area contributed by atoms with Gasteiger partial charge in [0.05, 0.1) is 11.7 Å². The van der Waals surface area contributed by atoms with Crippen LogP contribution in [0.3, 0.4) is 0 Å². The van der Waals surface area contributed by atoms with Crippen LogP contribution >= 0.6 is 0 Å². The molecule has 150 valence electrons. The predicted octanol–water partition coefficient (Wildman–Crippen LogP) is 4.15. The second kappa shape index (κ2) is 10.6. The van der Waals surface area contributed by atoms with Crippen LogP contribution in [0.2, 0.25) is 0 Å². The largest absolute Gasteiger partial charge is 0.481 e. The summed E-state index contributed by atoms with van der Waals surface area (Å²) in [5.41, 5.74) is 1.32. The summed E-state index contributed by atoms with van der Waals surface area (Å²) in [5, 5.41) is 19.4. The number of allylic oxidation sites excluding steroid dienone is 2. The number of carboxylic acid groups (broad SMARTS) is 1. The third-order valence-electron chi connectivity index (χ3n) is 5.11. The van der Waals surface area contributed by atoms with Gasteiger partial charge in [0.15, 0.2) is 0 Å². The van der Waals surface area contributed by atoms with Gasteiger partial charge in [0.2, 0.25) is 0 Å². The van der Waals surface area contributed by atoms with Crippen LogP contribution < -0.4 is 0 Å². The molecular weight excluding hydrogens is 356 g/mol. The molecule has 5 heteroatoms. The Kier molecular flexibility index (Phi) is 8.20. The van der Waals surface area contributed by atoms with Crippen LogP contribution in [0.1, 0.15) is 42.5 Å². The zero-order valence-corrected chi connectivity index (χ0v) is 16.0. The molecule has 4 unspecified atom stereocenters. The summed E-state index contributed by atoms with van der Waals surface area (Å²) < 4.78 is 5.68. The van der Waals surface area contributed by atoms with Crippen LogP contribution in [-0.4, -0.2) is 34.4 Å². The molecule has 28 heavy (non-hydrogen) atoms. The van der Waals surface area contributed by atoms with Gasteiger partial charge < -0.3 is 14.9 Å². The SMILES string of the molecule is C=CC(=C)CCC(O)C=CC1C(CC(=O)O)CCC1OC(=O)c1ccccc1. The molecular formula is C23H28O5. The minimum atomic E-state index is -0.874. The van der Waals surface area contributed by atoms with Gasteiger partial charge in [0.1, 0.15) is 6.10 Å². The second-order valence-electron chi connectivity index (χ2n) is 7.18. The van der Waals surface area contributed by atoms with Gasteiger partial charge in [-0.2, -0.15) is 0 Å². The van der Waals surface area contributed by atoms with E-state index < -0.39 is 24.1 Å². The van der Waals surface area contributed by atoms with Crippen LogP contribution in [-0.2, 0) is 9.53 Å². The van der Waals surface area contributed by atoms with E-state index >= 15 is 0 Å². The molecule has 0 amide bonds. The lowest BCUT2D eigenvalue weighted by molar-refractivity contribution is -0.138. The zero-order chi connectivity index (χ0) is 20.5. The molecule has 1 saturated carbocycles. The fourth-order valence-corrected chi connectivity index (χ4v) is 3.52. The predicted molar refractivity (Wildman–Crippen MR) is 108 cm³/mol. The van der Waals surface area contributed by atoms with Gasteiger partial charge >= 0.3 is 11.9 Å². The van der Waals surface area contributed by atoms with E-state index in [9.17, 15) is 19.8 Å². The number of carbonyl (C=O) groups is 2. The van der Waals surface area contributed by atoms with Crippen molar-refractivity contribution in [2.45, 2.75) is 44.3 Å². The molecule has 1 aromatic rings. The maximum atomic E-state index is 12.4. The molecule has 1 aromatic carbocycles. The number of aliphatic hydroxyl groups excluding tert-OH is 1. The molecule has 0 aliphatic heterocycles. The van der Waals surface area contributed by atoms with E-state index in [-0.39, 0.29) is 18.3 Å². The van der Waals surface area contributed by atoms with Crippen molar-refractivity contribution in [3.63, 3.8) is 0 Å². The average molecular weight is 384 g/mol. The first-order chi connectivity index (χ1) is 13.4. The number of ether oxygens (including phenoxy) is 1. The fraction of sp³-hybridized carbons (Fsp3) is 0.391. The van der Waals surface area contributed by atoms with Gasteiger partial charge in [-0.15, -0.1) is 0 Å². The molecule has 0 spiro atoms. The first-order valence-corrected chi connectivity index (χ1v) is 9.55. The summed E-state index contributed by atoms with van der Waals surface area (Å²) in [5.74, 6) is -1.65. The van der Waals surface area contributed by atoms with Crippen molar-refractivity contribution in [2.24, 2.45) is 11.8 Å². The Morgan fingerprint density at radius 1 is 1.25 bits per heavy atom. The van der Waals surface area contributed by atoms with E-state index in [0.717, 1.165) is 5.57 Å². The number of rotatable bonds is 10. The smallest absolute Gasteiger partial charge is 0.338 e. The third-order valence-corrected chi connectivity index (χ3v) is 5.11. The van der Waals surface area contributed by atoms with E-state index in [1.807, 2.05) is 12.1 Å². The number of hydrogen-bond acceptors (Lipinski definition) is 4. The Morgan fingerprint density at radius 3 is 2.61 bits per heavy atom. The molecule has 0 bridgehead atoms. The minimum absolute atomic E-state index is 0.0117. The summed E-state index contributed by atoms with van der Waals surface area (Å²) in [7, 11) is 0. The monoisotopic (exact) mass is 384 g/mol. The van der Waals surface area contributed by atoms with Gasteiger partial charge in [0, 0.05) is 12.3 Å². The van der Waals surface area contributed by atoms with Crippen molar-refractivity contribution in [1.29, 1.82) is 0 Å². The van der Waals surface area contributed by atoms with E-state index in [1.54, 1.807) is 36.4 Å². The van der Waals surface area contributed by atoms with Crippen LogP contribution in [0, 0.1) is 11.8 Å². The highest BCUT2D eigenvalue weighted by atomic mass is 16.5. The number of esters is 1. The van der Waals surface area contributed by atoms with Crippen molar-refractivity contribution < 1.29 is 24.5 Å². The molecule has 1 aliphatic carbocycles. The Morgan fingerprint density at radius 2 is 1.96 bits per heavy atom. The summed E-state index contributed by atoms with van der Waals surface area (Å²) >= 11 is 0. The number of carboxylic acids is 1. The Hall–Kier alpha value is -2.66. The van der Waals surface area contributed by atoms with Gasteiger partial charge in [-0.1, -0.05) is 55.2 Å². The first-order valence-electron chi connectivity index (χ1n) is 9.55. The van der Waals surface area contributed by atoms with E-state index in [0.29, 0.717) is 31.2 Å². The van der Waals surface area contributed by atoms with Crippen molar-refractivity contribution >= 4 is 11.9 Å². The number of aliphatic hydroxyl groups is 1. The number of aliphatic carboxylic acids is 1. The quantitative estimate of drug-likeness (QED) is 0.360. The molecule has 0 saturated heterocycles. The lowest BCUT2D eigenvalue weighted by Crippen LogP contribution is -2.25. The molecule has 2 N–H and O–H groups in total. The molecule has 0 radical (unpaired) electrons. The lowest BCUT2D eigenvalue weighted by atomic mass is 9.90. The van der Waals surface area contributed by atoms with E-state index in [1.165, 1.54) is 0 Å². The molecule has 4 atom stereocenters. The highest BCUT2D eigenvalue weighted by Crippen LogP contribution is 2.38. The number of hydrogen-bond donors (Lipinski definition) is 2. The molecule has 0 aromatic heterocycles. The molecule has 0 heterocycles. The average Bonchev–Trinajstić information content (AvgIpc) is 3.05. The van der Waals surface area contributed by atoms with Gasteiger partial charge in [-0.25, -0.2) is 4.79 Å². The van der Waals surface area contributed by atoms with Crippen molar-refractivity contribution in [2.75, 3.05) is 0 Å². The van der Waals surface area contributed by atoms with Crippen molar-refractivity contribution in [1.82, 2.24) is 0 Å². The number of carbonyl (C=O) groups excluding carboxylic acids is 1. The first kappa shape index (κ1) is 21.6. The van der Waals surface area contributed by atoms with Crippen LogP contribution in [0.15, 0.2) is 67.3 Å². The Labute approximate surface area is 166 Å². The highest BCUT2D eigenvalue weighted by Gasteiger charge is 2.38. The topological polar surface area (TPSA) is 83.8 Å². The second-order valence-corrected chi connectivity index (χ2v) is 7.18. The minimum Gasteiger partial charge on any atom is -0.481 e. The van der Waals surface area contributed by atoms with Crippen molar-refractivity contribution in [3.05, 3.63) is 72.9 Å². The van der Waals surface area contributed by atoms with Crippen LogP contribution in [0.4, 0.5) is 0 Å². The Bertz CT molecular complexity index is 722. The van der Waals surface area contributed by atoms with Crippen LogP contribution in [0.5, 0.6) is 0 Å². The summed E-state index contributed by atoms with van der Waals surface area (Å²) in [6.45, 7) is 7.47. The molecule has 1 aliphatic rings. The number of benzene rings is 1. The lowest BCUT2D eigenvalue weighted by Gasteiger charge is -2.22. The zero-order valence-electron chi connectivity index (χ0n) is 16.0. The van der Waals surface area contributed by atoms with Crippen LogP contribution in [0.25, 0.3) is 0 Å². The van der Waals surface area contributed by atoms with Gasteiger partial charge in [0.25, 0.3) is 0 Å². The Balaban J connectivity index is 2.05. The molecule has 5 nitrogen and oxygen atoms in total. The van der Waals surface area contributed by atoms with E-state index in [2.05, 4.69) is 13.2 Å². The normalized spacial score (nSPS) is 22.7. The molecule has 2 rings (SSSR count). The van der Waals surface area contributed by atoms with E-state index in [4.69, 9.17) is 4.74 Å². The third kappa shape index (κ3) is 6.50. The summed E-state index contributed by atoms with van der Waals surface area (Å²) in [4.78, 5) is 23.6. The van der Waals surface area contributed by atoms with Gasteiger partial charge in [-0.05, 0) is 43.7 Å². The standard InChI is InChI=1S/C23H28O5/c1-3-16(2)9-11-19(24)12-13-20-18(15-22(25)26)10-14-21(20)28-23(27)17-7-5-4-6-8-17/h3-8,12-13,18-21,24H,1-2,9-11,14-15H2,(H,25,26). The van der Waals surface area contributed by atoms with Gasteiger partial charge in [-0.3, -0.25) is 4.79 Å². The maximum absolute atomic E-state index is 12.4. The highest BCUT2D eigenvalue weighted by molar-refractivity contribution is 5.89. The maximum Gasteiger partial charge on any atom is 0.338 e. The van der Waals surface area contributed by atoms with Crippen molar-refractivity contribution in [3.8, 4) is 0 Å². The molecule has 1 fully saturated rings. The summed E-state index contributed by atoms with van der Waals surface area (Å²) in [6.07, 6.45) is 6.49. The fourth-order valence-electron chi connectivity index (χ4n) is 3.52. The summed E-state index contributed by atoms with van der Waals surface area (Å²) in [6, 6.07) is 8.73.